The number of aromatic hydroxyl groups is 1. The monoisotopic (exact) mass is 633 g/mol. The van der Waals surface area contributed by atoms with Gasteiger partial charge in [-0.25, -0.2) is 14.2 Å². The van der Waals surface area contributed by atoms with Crippen molar-refractivity contribution in [3.63, 3.8) is 0 Å². The molecular formula is C31H29BrFN5O4. The van der Waals surface area contributed by atoms with Crippen molar-refractivity contribution in [2.24, 2.45) is 0 Å². The molecule has 0 aliphatic heterocycles. The molecule has 2 heterocycles. The van der Waals surface area contributed by atoms with Gasteiger partial charge in [0.1, 0.15) is 29.1 Å². The standard InChI is InChI=1S/C31H29BrFN5O4/c1-18(19-7-5-4-6-8-19)28(29-34-16-25(35-29)23-14-11-21(32)15-24(23)33)38-30(40)27(36-31(38)41)20-9-12-22(13-10-20)42-17-26(39)37(2)3/h4-16,18,28,40H,17H2,1-3H3,(H,34,35)(H,36,41)/t18-,28-/m0/s1. The van der Waals surface area contributed by atoms with Gasteiger partial charge in [-0.05, 0) is 48.0 Å². The normalized spacial score (nSPS) is 12.6. The van der Waals surface area contributed by atoms with Crippen LogP contribution in [-0.4, -0.2) is 56.1 Å². The highest BCUT2D eigenvalue weighted by molar-refractivity contribution is 9.10. The predicted molar refractivity (Wildman–Crippen MR) is 161 cm³/mol. The van der Waals surface area contributed by atoms with Gasteiger partial charge in [0.05, 0.1) is 11.9 Å². The number of hydrogen-bond acceptors (Lipinski definition) is 5. The molecule has 0 aliphatic carbocycles. The summed E-state index contributed by atoms with van der Waals surface area (Å²) in [5.41, 5.74) is 1.89. The van der Waals surface area contributed by atoms with Crippen LogP contribution in [0.4, 0.5) is 4.39 Å². The lowest BCUT2D eigenvalue weighted by Gasteiger charge is -2.24. The average molecular weight is 635 g/mol. The van der Waals surface area contributed by atoms with Crippen LogP contribution in [-0.2, 0) is 4.79 Å². The zero-order chi connectivity index (χ0) is 30.0. The largest absolute Gasteiger partial charge is 0.493 e. The lowest BCUT2D eigenvalue weighted by atomic mass is 9.92. The van der Waals surface area contributed by atoms with Gasteiger partial charge in [0.2, 0.25) is 5.88 Å². The number of aromatic nitrogens is 4. The van der Waals surface area contributed by atoms with Crippen LogP contribution in [0.25, 0.3) is 22.5 Å². The van der Waals surface area contributed by atoms with E-state index in [0.29, 0.717) is 32.9 Å². The molecule has 5 rings (SSSR count). The Hall–Kier alpha value is -4.64. The molecule has 0 aliphatic rings. The molecule has 2 aromatic heterocycles. The molecule has 216 valence electrons. The Morgan fingerprint density at radius 3 is 2.48 bits per heavy atom. The molecule has 3 aromatic carbocycles. The molecular weight excluding hydrogens is 605 g/mol. The Kier molecular flexibility index (Phi) is 8.30. The molecule has 42 heavy (non-hydrogen) atoms. The number of benzene rings is 3. The van der Waals surface area contributed by atoms with Gasteiger partial charge in [-0.3, -0.25) is 9.36 Å². The quantitative estimate of drug-likeness (QED) is 0.193. The fourth-order valence-electron chi connectivity index (χ4n) is 4.74. The summed E-state index contributed by atoms with van der Waals surface area (Å²) in [7, 11) is 3.29. The van der Waals surface area contributed by atoms with Crippen molar-refractivity contribution < 1.29 is 19.0 Å². The van der Waals surface area contributed by atoms with Gasteiger partial charge >= 0.3 is 5.69 Å². The summed E-state index contributed by atoms with van der Waals surface area (Å²) < 4.78 is 22.2. The van der Waals surface area contributed by atoms with Crippen LogP contribution in [0.2, 0.25) is 0 Å². The van der Waals surface area contributed by atoms with Gasteiger partial charge < -0.3 is 24.7 Å². The summed E-state index contributed by atoms with van der Waals surface area (Å²) in [6.45, 7) is 1.82. The SMILES string of the molecule is C[C@@H](c1ccccc1)[C@@H](c1ncc(-c2ccc(Br)cc2F)[nH]1)n1c(O)c(-c2ccc(OCC(=O)N(C)C)cc2)[nH]c1=O. The summed E-state index contributed by atoms with van der Waals surface area (Å²) in [6, 6.07) is 20.2. The highest BCUT2D eigenvalue weighted by atomic mass is 79.9. The third kappa shape index (κ3) is 5.87. The lowest BCUT2D eigenvalue weighted by Crippen LogP contribution is -2.27. The predicted octanol–water partition coefficient (Wildman–Crippen LogP) is 5.70. The molecule has 0 saturated heterocycles. The van der Waals surface area contributed by atoms with Crippen LogP contribution < -0.4 is 10.4 Å². The minimum Gasteiger partial charge on any atom is -0.493 e. The van der Waals surface area contributed by atoms with Crippen LogP contribution in [0.3, 0.4) is 0 Å². The van der Waals surface area contributed by atoms with Gasteiger partial charge in [-0.1, -0.05) is 53.2 Å². The smallest absolute Gasteiger partial charge is 0.329 e. The number of hydrogen-bond donors (Lipinski definition) is 3. The maximum absolute atomic E-state index is 14.8. The summed E-state index contributed by atoms with van der Waals surface area (Å²) in [6.07, 6.45) is 1.52. The number of ether oxygens (including phenoxy) is 1. The number of imidazole rings is 2. The van der Waals surface area contributed by atoms with E-state index in [1.165, 1.54) is 21.7 Å². The minimum absolute atomic E-state index is 0.112. The summed E-state index contributed by atoms with van der Waals surface area (Å²) in [5, 5.41) is 11.4. The van der Waals surface area contributed by atoms with E-state index in [-0.39, 0.29) is 30.0 Å². The number of aromatic amines is 2. The zero-order valence-corrected chi connectivity index (χ0v) is 24.7. The molecule has 0 spiro atoms. The molecule has 0 radical (unpaired) electrons. The van der Waals surface area contributed by atoms with Crippen LogP contribution >= 0.6 is 15.9 Å². The van der Waals surface area contributed by atoms with Crippen LogP contribution in [0.1, 0.15) is 30.3 Å². The Bertz CT molecular complexity index is 1760. The zero-order valence-electron chi connectivity index (χ0n) is 23.1. The number of nitrogens with one attached hydrogen (secondary N) is 2. The third-order valence-electron chi connectivity index (χ3n) is 7.08. The molecule has 5 aromatic rings. The van der Waals surface area contributed by atoms with E-state index in [9.17, 15) is 19.1 Å². The van der Waals surface area contributed by atoms with Crippen molar-refractivity contribution >= 4 is 21.8 Å². The second kappa shape index (κ2) is 12.1. The first-order valence-electron chi connectivity index (χ1n) is 13.2. The van der Waals surface area contributed by atoms with Crippen molar-refractivity contribution in [3.8, 4) is 34.1 Å². The van der Waals surface area contributed by atoms with E-state index in [1.54, 1.807) is 50.5 Å². The van der Waals surface area contributed by atoms with E-state index >= 15 is 0 Å². The molecule has 3 N–H and O–H groups in total. The number of likely N-dealkylation sites (N-methyl/N-ethyl adjacent to an activating group) is 1. The van der Waals surface area contributed by atoms with Crippen LogP contribution in [0.5, 0.6) is 11.6 Å². The number of carbonyl (C=O) groups excluding carboxylic acids is 1. The Balaban J connectivity index is 1.53. The van der Waals surface area contributed by atoms with Crippen molar-refractivity contribution in [1.29, 1.82) is 0 Å². The van der Waals surface area contributed by atoms with Crippen LogP contribution in [0.15, 0.2) is 88.3 Å². The molecule has 11 heteroatoms. The maximum atomic E-state index is 14.8. The number of halogens is 2. The number of carbonyl (C=O) groups is 1. The highest BCUT2D eigenvalue weighted by Crippen LogP contribution is 2.38. The number of nitrogens with zero attached hydrogens (tertiary/aromatic N) is 3. The van der Waals surface area contributed by atoms with Crippen LogP contribution in [0, 0.1) is 5.82 Å². The second-order valence-electron chi connectivity index (χ2n) is 10.1. The fraction of sp³-hybridized carbons (Fsp3) is 0.194. The number of rotatable bonds is 9. The summed E-state index contributed by atoms with van der Waals surface area (Å²) in [5.74, 6) is -0.375. The molecule has 0 fully saturated rings. The molecule has 0 saturated carbocycles. The van der Waals surface area contributed by atoms with E-state index in [4.69, 9.17) is 4.74 Å². The first-order chi connectivity index (χ1) is 20.1. The Labute approximate surface area is 249 Å². The second-order valence-corrected chi connectivity index (χ2v) is 11.0. The first-order valence-corrected chi connectivity index (χ1v) is 14.0. The number of H-pyrrole nitrogens is 2. The van der Waals surface area contributed by atoms with Crippen molar-refractivity contribution in [3.05, 3.63) is 111 Å². The van der Waals surface area contributed by atoms with E-state index in [0.717, 1.165) is 5.56 Å². The Morgan fingerprint density at radius 2 is 1.81 bits per heavy atom. The van der Waals surface area contributed by atoms with Crippen molar-refractivity contribution in [2.45, 2.75) is 18.9 Å². The topological polar surface area (TPSA) is 116 Å². The minimum atomic E-state index is -0.767. The van der Waals surface area contributed by atoms with Gasteiger partial charge in [0, 0.05) is 35.6 Å². The molecule has 1 amide bonds. The summed E-state index contributed by atoms with van der Waals surface area (Å²) >= 11 is 3.28. The van der Waals surface area contributed by atoms with Gasteiger partial charge in [0.25, 0.3) is 5.91 Å². The first kappa shape index (κ1) is 28.9. The molecule has 9 nitrogen and oxygen atoms in total. The molecule has 0 unspecified atom stereocenters. The summed E-state index contributed by atoms with van der Waals surface area (Å²) in [4.78, 5) is 37.2. The van der Waals surface area contributed by atoms with Crippen molar-refractivity contribution in [1.82, 2.24) is 24.4 Å². The average Bonchev–Trinajstić information content (AvgIpc) is 3.57. The molecule has 0 bridgehead atoms. The lowest BCUT2D eigenvalue weighted by molar-refractivity contribution is -0.130. The van der Waals surface area contributed by atoms with E-state index in [1.807, 2.05) is 37.3 Å². The number of amides is 1. The molecule has 2 atom stereocenters. The van der Waals surface area contributed by atoms with Gasteiger partial charge in [0.15, 0.2) is 6.61 Å². The third-order valence-corrected chi connectivity index (χ3v) is 7.57. The highest BCUT2D eigenvalue weighted by Gasteiger charge is 2.31. The van der Waals surface area contributed by atoms with E-state index < -0.39 is 17.5 Å². The maximum Gasteiger partial charge on any atom is 0.329 e. The fourth-order valence-corrected chi connectivity index (χ4v) is 5.08. The van der Waals surface area contributed by atoms with Crippen molar-refractivity contribution in [2.75, 3.05) is 20.7 Å². The van der Waals surface area contributed by atoms with Gasteiger partial charge in [-0.15, -0.1) is 0 Å². The van der Waals surface area contributed by atoms with E-state index in [2.05, 4.69) is 30.9 Å². The van der Waals surface area contributed by atoms with Gasteiger partial charge in [-0.2, -0.15) is 0 Å². The Morgan fingerprint density at radius 1 is 1.10 bits per heavy atom.